The molecule has 0 fully saturated rings. The third-order valence-electron chi connectivity index (χ3n) is 4.88. The largest absolute Gasteiger partial charge is 0.442 e. The van der Waals surface area contributed by atoms with Crippen molar-refractivity contribution < 1.29 is 9.53 Å². The van der Waals surface area contributed by atoms with Crippen molar-refractivity contribution in [1.29, 1.82) is 0 Å². The number of allylic oxidation sites excluding steroid dienone is 1. The minimum Gasteiger partial charge on any atom is -0.442 e. The molecule has 2 atom stereocenters. The summed E-state index contributed by atoms with van der Waals surface area (Å²) in [5, 5.41) is 7.53. The Kier molecular flexibility index (Phi) is 5.45. The number of ether oxygens (including phenoxy) is 1. The second-order valence-corrected chi connectivity index (χ2v) is 6.88. The molecule has 1 aromatic carbocycles. The molecule has 2 aromatic rings. The van der Waals surface area contributed by atoms with Crippen molar-refractivity contribution in [2.24, 2.45) is 0 Å². The Balaban J connectivity index is 1.76. The number of rotatable bonds is 5. The van der Waals surface area contributed by atoms with Crippen LogP contribution in [0.5, 0.6) is 0 Å². The lowest BCUT2D eigenvalue weighted by molar-refractivity contribution is 0.118. The van der Waals surface area contributed by atoms with Gasteiger partial charge in [0.25, 0.3) is 0 Å². The molecule has 0 aliphatic heterocycles. The van der Waals surface area contributed by atoms with E-state index >= 15 is 0 Å². The van der Waals surface area contributed by atoms with E-state index < -0.39 is 0 Å². The number of aryl methyl sites for hydroxylation is 2. The molecule has 0 spiro atoms. The predicted molar refractivity (Wildman–Crippen MR) is 103 cm³/mol. The molecule has 0 saturated carbocycles. The fourth-order valence-corrected chi connectivity index (χ4v) is 3.60. The molecule has 0 radical (unpaired) electrons. The van der Waals surface area contributed by atoms with Crippen molar-refractivity contribution in [2.75, 3.05) is 6.54 Å². The molecule has 1 heterocycles. The molecule has 26 heavy (non-hydrogen) atoms. The van der Waals surface area contributed by atoms with Gasteiger partial charge in [-0.1, -0.05) is 31.2 Å². The van der Waals surface area contributed by atoms with Gasteiger partial charge in [-0.2, -0.15) is 5.10 Å². The summed E-state index contributed by atoms with van der Waals surface area (Å²) in [6, 6.07) is 8.26. The quantitative estimate of drug-likeness (QED) is 0.813. The van der Waals surface area contributed by atoms with E-state index in [1.54, 1.807) is 0 Å². The molecule has 3 rings (SSSR count). The Bertz CT molecular complexity index is 823. The van der Waals surface area contributed by atoms with Crippen molar-refractivity contribution in [3.63, 3.8) is 0 Å². The van der Waals surface area contributed by atoms with Gasteiger partial charge in [-0.25, -0.2) is 9.48 Å². The van der Waals surface area contributed by atoms with Crippen LogP contribution in [0.3, 0.4) is 0 Å². The first-order valence-electron chi connectivity index (χ1n) is 9.26. The van der Waals surface area contributed by atoms with Gasteiger partial charge >= 0.3 is 6.09 Å². The summed E-state index contributed by atoms with van der Waals surface area (Å²) in [4.78, 5) is 11.8. The van der Waals surface area contributed by atoms with E-state index in [2.05, 4.69) is 37.4 Å². The van der Waals surface area contributed by atoms with Crippen LogP contribution in [-0.4, -0.2) is 28.5 Å². The van der Waals surface area contributed by atoms with Gasteiger partial charge in [-0.3, -0.25) is 0 Å². The van der Waals surface area contributed by atoms with Crippen molar-refractivity contribution in [3.05, 3.63) is 58.9 Å². The highest BCUT2D eigenvalue weighted by atomic mass is 16.6. The molecule has 0 bridgehead atoms. The summed E-state index contributed by atoms with van der Waals surface area (Å²) in [5.41, 5.74) is 5.69. The zero-order valence-corrected chi connectivity index (χ0v) is 16.0. The summed E-state index contributed by atoms with van der Waals surface area (Å²) in [6.45, 7) is 8.91. The third-order valence-corrected chi connectivity index (χ3v) is 4.88. The number of nitrogens with one attached hydrogen (secondary N) is 1. The highest BCUT2D eigenvalue weighted by Crippen LogP contribution is 2.35. The summed E-state index contributed by atoms with van der Waals surface area (Å²) in [6.07, 6.45) is 5.26. The maximum Gasteiger partial charge on any atom is 0.407 e. The lowest BCUT2D eigenvalue weighted by atomic mass is 9.96. The lowest BCUT2D eigenvalue weighted by Crippen LogP contribution is -2.28. The van der Waals surface area contributed by atoms with Crippen LogP contribution in [0.4, 0.5) is 4.79 Å². The lowest BCUT2D eigenvalue weighted by Gasteiger charge is -2.15. The summed E-state index contributed by atoms with van der Waals surface area (Å²) in [7, 11) is 0. The number of nitrogens with zero attached hydrogens (tertiary/aromatic N) is 2. The first-order valence-corrected chi connectivity index (χ1v) is 9.26. The minimum absolute atomic E-state index is 0.183. The molecule has 1 amide bonds. The highest BCUT2D eigenvalue weighted by Gasteiger charge is 2.28. The Labute approximate surface area is 155 Å². The molecule has 1 aromatic heterocycles. The van der Waals surface area contributed by atoms with E-state index in [4.69, 9.17) is 9.84 Å². The van der Waals surface area contributed by atoms with Crippen LogP contribution >= 0.6 is 0 Å². The van der Waals surface area contributed by atoms with E-state index in [9.17, 15) is 4.79 Å². The molecule has 1 aliphatic rings. The molecular weight excluding hydrogens is 326 g/mol. The van der Waals surface area contributed by atoms with Crippen molar-refractivity contribution in [3.8, 4) is 5.69 Å². The predicted octanol–water partition coefficient (Wildman–Crippen LogP) is 4.35. The molecule has 1 aliphatic carbocycles. The second kappa shape index (κ2) is 7.77. The van der Waals surface area contributed by atoms with Gasteiger partial charge in [-0.05, 0) is 51.3 Å². The topological polar surface area (TPSA) is 56.1 Å². The number of benzene rings is 1. The number of para-hydroxylation sites is 1. The van der Waals surface area contributed by atoms with Crippen LogP contribution in [0.25, 0.3) is 5.69 Å². The Morgan fingerprint density at radius 1 is 1.27 bits per heavy atom. The van der Waals surface area contributed by atoms with Crippen molar-refractivity contribution in [2.45, 2.75) is 52.6 Å². The number of aromatic nitrogens is 2. The van der Waals surface area contributed by atoms with E-state index in [-0.39, 0.29) is 18.1 Å². The molecule has 5 nitrogen and oxygen atoms in total. The SMILES string of the molecule is CCCNC(=O)OC1C=CC(c2c(C)nn(-c3ccccc3C)c2C)C1. The smallest absolute Gasteiger partial charge is 0.407 e. The van der Waals surface area contributed by atoms with Crippen LogP contribution in [-0.2, 0) is 4.74 Å². The summed E-state index contributed by atoms with van der Waals surface area (Å²) < 4.78 is 7.52. The summed E-state index contributed by atoms with van der Waals surface area (Å²) in [5.74, 6) is 0.219. The van der Waals surface area contributed by atoms with Gasteiger partial charge in [0.1, 0.15) is 6.10 Å². The zero-order valence-electron chi connectivity index (χ0n) is 16.0. The second-order valence-electron chi connectivity index (χ2n) is 6.88. The number of carbonyl (C=O) groups is 1. The molecular formula is C21H27N3O2. The molecule has 5 heteroatoms. The third kappa shape index (κ3) is 3.66. The van der Waals surface area contributed by atoms with Crippen LogP contribution in [0.2, 0.25) is 0 Å². The Morgan fingerprint density at radius 3 is 2.77 bits per heavy atom. The first kappa shape index (κ1) is 18.2. The van der Waals surface area contributed by atoms with Crippen LogP contribution in [0.1, 0.15) is 48.2 Å². The van der Waals surface area contributed by atoms with Crippen LogP contribution < -0.4 is 5.32 Å². The number of amides is 1. The van der Waals surface area contributed by atoms with Gasteiger partial charge < -0.3 is 10.1 Å². The number of alkyl carbamates (subject to hydrolysis) is 1. The van der Waals surface area contributed by atoms with E-state index in [1.807, 2.05) is 36.7 Å². The minimum atomic E-state index is -0.341. The Hall–Kier alpha value is -2.56. The van der Waals surface area contributed by atoms with Gasteiger partial charge in [-0.15, -0.1) is 0 Å². The van der Waals surface area contributed by atoms with Crippen LogP contribution in [0.15, 0.2) is 36.4 Å². The van der Waals surface area contributed by atoms with Crippen molar-refractivity contribution in [1.82, 2.24) is 15.1 Å². The fourth-order valence-electron chi connectivity index (χ4n) is 3.60. The van der Waals surface area contributed by atoms with Crippen molar-refractivity contribution >= 4 is 6.09 Å². The first-order chi connectivity index (χ1) is 12.5. The van der Waals surface area contributed by atoms with Crippen LogP contribution in [0, 0.1) is 20.8 Å². The average Bonchev–Trinajstić information content (AvgIpc) is 3.17. The maximum atomic E-state index is 11.8. The van der Waals surface area contributed by atoms with E-state index in [0.29, 0.717) is 6.54 Å². The monoisotopic (exact) mass is 353 g/mol. The molecule has 138 valence electrons. The molecule has 2 unspecified atom stereocenters. The zero-order chi connectivity index (χ0) is 18.7. The normalized spacial score (nSPS) is 18.9. The maximum absolute atomic E-state index is 11.8. The number of hydrogen-bond donors (Lipinski definition) is 1. The highest BCUT2D eigenvalue weighted by molar-refractivity contribution is 5.67. The molecule has 1 N–H and O–H groups in total. The van der Waals surface area contributed by atoms with Gasteiger partial charge in [0, 0.05) is 23.7 Å². The van der Waals surface area contributed by atoms with Gasteiger partial charge in [0.2, 0.25) is 0 Å². The summed E-state index contributed by atoms with van der Waals surface area (Å²) >= 11 is 0. The fraction of sp³-hybridized carbons (Fsp3) is 0.429. The number of hydrogen-bond acceptors (Lipinski definition) is 3. The average molecular weight is 353 g/mol. The standard InChI is InChI=1S/C21H27N3O2/c1-5-12-22-21(25)26-18-11-10-17(13-18)20-15(3)23-24(16(20)4)19-9-7-6-8-14(19)2/h6-11,17-18H,5,12-13H2,1-4H3,(H,22,25). The van der Waals surface area contributed by atoms with Gasteiger partial charge in [0.15, 0.2) is 0 Å². The molecule has 0 saturated heterocycles. The number of carbonyl (C=O) groups excluding carboxylic acids is 1. The Morgan fingerprint density at radius 2 is 2.04 bits per heavy atom. The van der Waals surface area contributed by atoms with E-state index in [1.165, 1.54) is 11.1 Å². The van der Waals surface area contributed by atoms with E-state index in [0.717, 1.165) is 29.9 Å². The van der Waals surface area contributed by atoms with Gasteiger partial charge in [0.05, 0.1) is 11.4 Å².